The first kappa shape index (κ1) is 25.5. The summed E-state index contributed by atoms with van der Waals surface area (Å²) in [6.07, 6.45) is -6.62. The summed E-state index contributed by atoms with van der Waals surface area (Å²) in [5.74, 6) is -0.671. The number of hydrogen-bond donors (Lipinski definition) is 5. The molecule has 2 amide bonds. The number of nitrogens with one attached hydrogen (secondary N) is 2. The van der Waals surface area contributed by atoms with Crippen molar-refractivity contribution in [2.24, 2.45) is 23.7 Å². The highest BCUT2D eigenvalue weighted by Crippen LogP contribution is 2.35. The molecule has 77 heavy (non-hydrogen) atoms. The highest BCUT2D eigenvalue weighted by molar-refractivity contribution is 5.74. The number of carbonyl (C=O) groups is 5. The number of aliphatic hydroxyl groups excluding tert-OH is 3. The maximum absolute atomic E-state index is 13.9. The summed E-state index contributed by atoms with van der Waals surface area (Å²) in [4.78, 5) is 55.9. The van der Waals surface area contributed by atoms with Gasteiger partial charge in [-0.05, 0) is 107 Å². The van der Waals surface area contributed by atoms with Crippen LogP contribution in [0.1, 0.15) is 195 Å². The van der Waals surface area contributed by atoms with Crippen molar-refractivity contribution in [3.63, 3.8) is 0 Å². The van der Waals surface area contributed by atoms with Crippen LogP contribution in [-0.2, 0) is 65.2 Å². The molecule has 0 spiro atoms. The Kier molecular flexibility index (Phi) is 9.69. The summed E-state index contributed by atoms with van der Waals surface area (Å²) in [6.45, 7) is 16.6. The molecular weight excluding hydrogens is 1010 g/mol. The lowest BCUT2D eigenvalue weighted by Crippen LogP contribution is -2.54. The van der Waals surface area contributed by atoms with Crippen molar-refractivity contribution in [1.29, 1.82) is 0 Å². The summed E-state index contributed by atoms with van der Waals surface area (Å²) in [5, 5.41) is 34.9. The van der Waals surface area contributed by atoms with Gasteiger partial charge in [-0.2, -0.15) is 0 Å². The lowest BCUT2D eigenvalue weighted by Gasteiger charge is -2.39. The van der Waals surface area contributed by atoms with E-state index in [9.17, 15) is 48.1 Å². The predicted octanol–water partition coefficient (Wildman–Crippen LogP) is 16.3. The van der Waals surface area contributed by atoms with E-state index in [2.05, 4.69) is 10.6 Å². The van der Waals surface area contributed by atoms with Crippen molar-refractivity contribution in [3.8, 4) is 33.8 Å². The van der Waals surface area contributed by atoms with Gasteiger partial charge < -0.3 is 63.8 Å². The molecule has 4 aromatic rings. The molecule has 502 valence electrons. The van der Waals surface area contributed by atoms with Crippen molar-refractivity contribution in [3.05, 3.63) is 108 Å². The van der Waals surface area contributed by atoms with Crippen molar-refractivity contribution in [2.45, 2.75) is 125 Å². The number of benzene rings is 4. The zero-order valence-electron chi connectivity index (χ0n) is 127. The predicted molar refractivity (Wildman–Crippen MR) is 363 cm³/mol. The number of amides is 2. The van der Waals surface area contributed by atoms with Gasteiger partial charge in [-0.25, -0.2) is 8.78 Å². The Morgan fingerprint density at radius 2 is 0.974 bits per heavy atom. The molecular formula is C57H154F2N2O16. The van der Waals surface area contributed by atoms with E-state index in [0.29, 0.717) is 67.3 Å². The van der Waals surface area contributed by atoms with Gasteiger partial charge in [0, 0.05) is 181 Å². The Morgan fingerprint density at radius 1 is 0.558 bits per heavy atom. The van der Waals surface area contributed by atoms with Crippen LogP contribution in [0.2, 0.25) is 0 Å². The summed E-state index contributed by atoms with van der Waals surface area (Å²) in [6, 6.07) is 23.1. The van der Waals surface area contributed by atoms with Gasteiger partial charge in [-0.1, -0.05) is 64.1 Å². The molecule has 3 unspecified atom stereocenters. The second-order valence-electron chi connectivity index (χ2n) is 19.4. The normalized spacial score (nSPS) is 29.9. The van der Waals surface area contributed by atoms with E-state index in [1.165, 1.54) is 58.9 Å². The van der Waals surface area contributed by atoms with Crippen molar-refractivity contribution >= 4 is 29.7 Å². The van der Waals surface area contributed by atoms with E-state index < -0.39 is 61.3 Å². The number of ether oxygens (including phenoxy) is 8. The van der Waals surface area contributed by atoms with Crippen LogP contribution in [0, 0.1) is 35.3 Å². The van der Waals surface area contributed by atoms with Crippen LogP contribution in [0.4, 0.5) is 8.78 Å². The third-order valence-electron chi connectivity index (χ3n) is 13.2. The number of esters is 3. The fourth-order valence-corrected chi connectivity index (χ4v) is 8.65. The van der Waals surface area contributed by atoms with Crippen LogP contribution in [0.3, 0.4) is 0 Å². The molecule has 0 radical (unpaired) electrons. The van der Waals surface area contributed by atoms with Crippen LogP contribution in [0.25, 0.3) is 22.3 Å². The molecule has 3 fully saturated rings. The minimum atomic E-state index is -1.42. The van der Waals surface area contributed by atoms with Crippen LogP contribution >= 0.6 is 0 Å². The van der Waals surface area contributed by atoms with Gasteiger partial charge >= 0.3 is 17.9 Å². The summed E-state index contributed by atoms with van der Waals surface area (Å²) in [5.41, 5.74) is 4.66. The van der Waals surface area contributed by atoms with E-state index in [1.54, 1.807) is 36.4 Å². The summed E-state index contributed by atoms with van der Waals surface area (Å²) >= 11 is 0. The smallest absolute Gasteiger partial charge is 0.305 e. The van der Waals surface area contributed by atoms with Gasteiger partial charge in [0.1, 0.15) is 41.4 Å². The van der Waals surface area contributed by atoms with Gasteiger partial charge in [0.2, 0.25) is 30.7 Å². The van der Waals surface area contributed by atoms with Gasteiger partial charge in [0.05, 0.1) is 19.8 Å². The minimum Gasteiger partial charge on any atom is -0.462 e. The fraction of sp³-hybridized carbons (Fsp3) is 0.491. The highest BCUT2D eigenvalue weighted by atomic mass is 19.1. The minimum absolute atomic E-state index is 0.0669. The summed E-state index contributed by atoms with van der Waals surface area (Å²) < 4.78 is 482. The number of halogens is 2. The maximum atomic E-state index is 13.9. The first-order chi connectivity index (χ1) is 77.5. The molecule has 0 aromatic heterocycles. The SMILES string of the molecule is CC(=O)NCCc1ccc(OC2OC[C@@H](C)[C@@H](C)[C@@H]2OC(C)=O)cc1-c1cccc(F)c1.CC(=O)NCCc1ccc(OC2OC[C@@H](O)[C@@H](O)[C@@H]2O)cc1-c1cccc(F)c1.CC(=O)OC1OC[C@@H](C)[C@@H](C)[C@@H]1OC(C)=O.[3H][3H].[3H][3H].[3H][3H].[3H][3H].[3H][3H].[3H][3H].[3H][3H].[3H][3H].[3H][3H].[3H][3H].[3H][3H].[3H][3H].[3H][3H].[3H][3H].[3H][3H].[3H][3H].[3H][3H].[3H][3H].[3H][3H].[3H][3H].[3H][3H].[3H][3H].[3H][3H].[3H][3H].[3H][3H].[3H][3H].[3H][3H].[3H][3H].[3H][3H].[3H][3H].[3H][3H].[3H][3H].[3H][3H].[3H][3H].[3H][3H].[3H][3H].[3H][3H].[3H][3H].[3H][3H].[3H][3H].[3H][3H]. The quantitative estimate of drug-likeness (QED) is 0.0549. The van der Waals surface area contributed by atoms with Crippen molar-refractivity contribution in [1.82, 2.24) is 10.6 Å². The molecule has 0 saturated carbocycles. The van der Waals surface area contributed by atoms with Gasteiger partial charge in [-0.3, -0.25) is 24.0 Å². The second-order valence-corrected chi connectivity index (χ2v) is 19.4. The monoisotopic (exact) mass is 1330 g/mol. The van der Waals surface area contributed by atoms with E-state index in [4.69, 9.17) is 160 Å². The number of carbonyl (C=O) groups excluding carboxylic acids is 5. The zero-order chi connectivity index (χ0) is 139. The molecule has 3 aliphatic heterocycles. The van der Waals surface area contributed by atoms with E-state index in [-0.39, 0.29) is 59.7 Å². The zero-order valence-corrected chi connectivity index (χ0v) is 44.9. The topological polar surface area (TPSA) is 244 Å². The number of rotatable bonds is 15. The van der Waals surface area contributed by atoms with Gasteiger partial charge in [0.25, 0.3) is 0 Å². The molecule has 3 heterocycles. The molecule has 0 bridgehead atoms. The Morgan fingerprint density at radius 3 is 1.40 bits per heavy atom. The first-order valence-electron chi connectivity index (χ1n) is 66.5. The second kappa shape index (κ2) is 29.3. The molecule has 18 nitrogen and oxygen atoms in total. The van der Waals surface area contributed by atoms with Crippen LogP contribution in [0.15, 0.2) is 84.9 Å². The Hall–Kier alpha value is -6.55. The molecule has 7 rings (SSSR count). The van der Waals surface area contributed by atoms with Gasteiger partial charge in [-0.15, -0.1) is 0 Å². The van der Waals surface area contributed by atoms with Crippen molar-refractivity contribution in [2.75, 3.05) is 32.9 Å². The Labute approximate surface area is 574 Å². The van der Waals surface area contributed by atoms with E-state index in [0.717, 1.165) is 16.7 Å². The van der Waals surface area contributed by atoms with Crippen LogP contribution in [-0.4, -0.2) is 127 Å². The molecule has 3 saturated heterocycles. The highest BCUT2D eigenvalue weighted by Gasteiger charge is 2.42. The largest absolute Gasteiger partial charge is 0.462 e. The molecule has 4 aromatic carbocycles. The van der Waals surface area contributed by atoms with Crippen molar-refractivity contribution < 1.29 is 208 Å². The number of hydrogen-bond acceptors (Lipinski definition) is 16. The van der Waals surface area contributed by atoms with E-state index >= 15 is 0 Å². The average molecular weight is 1330 g/mol. The summed E-state index contributed by atoms with van der Waals surface area (Å²) in [7, 11) is 0. The average Bonchev–Trinajstić information content (AvgIpc) is 0.810. The molecule has 20 heteroatoms. The van der Waals surface area contributed by atoms with Gasteiger partial charge in [0.15, 0.2) is 12.2 Å². The van der Waals surface area contributed by atoms with E-state index in [1.807, 2.05) is 52.0 Å². The molecule has 5 N–H and O–H groups in total. The first-order valence-corrected chi connectivity index (χ1v) is 25.5. The van der Waals surface area contributed by atoms with Crippen LogP contribution < -0.4 is 20.1 Å². The Balaban J connectivity index is -0.0000000306. The molecule has 0 aliphatic carbocycles. The number of aliphatic hydroxyl groups is 3. The Bertz CT molecular complexity index is 2780. The lowest BCUT2D eigenvalue weighted by atomic mass is 9.88. The fourth-order valence-electron chi connectivity index (χ4n) is 8.65. The molecule has 3 aliphatic rings. The maximum Gasteiger partial charge on any atom is 0.305 e. The standard InChI is InChI=1S/C25H30FNO5.C21H24FNO6.C11H18O5.41H2/c1-15-14-30-25(24(16(15)2)31-18(4)29)32-22-9-8-19(10-11-27-17(3)28)23(13-22)20-6-5-7-21(26)12-20;1-12(24)23-8-7-13-5-6-16(10-17(13)14-3-2-4-15(22)9-14)29-21-20(27)19(26)18(25)11-28-21;1-6-5-14-11(16-9(4)13)10(7(6)2)15-8(3)12;;;;;;;;;;;;;;;;;;;;;;;;;;;;;;;;;;;;;;;;;/h5-9,12-13,15-16,24-25H,10-11,14H2,1-4H3,(H,27,28);2-6,9-10,18-21,25-27H,7-8,11H2,1H3,(H,23,24);6-7,10-11H,5H2,1-4H3;41*1H/t15-,16-,24+,25?;18-,19-,20+,21?;6-,7-,10+,11?;;;;;;;;;;;;;;;;;;;;;;;;;;;;;;;;;;;;;;;;;/m111........................................./s1/i;;;41*1+2T. The third kappa shape index (κ3) is 18.6. The lowest BCUT2D eigenvalue weighted by molar-refractivity contribution is -0.244. The van der Waals surface area contributed by atoms with Crippen LogP contribution in [0.5, 0.6) is 11.5 Å². The third-order valence-corrected chi connectivity index (χ3v) is 13.2. The molecule has 12 atom stereocenters.